The summed E-state index contributed by atoms with van der Waals surface area (Å²) in [5.41, 5.74) is 0.797. The van der Waals surface area contributed by atoms with E-state index in [1.165, 1.54) is 19.4 Å². The molecule has 0 amide bonds. The van der Waals surface area contributed by atoms with Gasteiger partial charge in [0.25, 0.3) is 0 Å². The molecule has 7 heteroatoms. The van der Waals surface area contributed by atoms with Crippen molar-refractivity contribution in [1.82, 2.24) is 4.98 Å². The fourth-order valence-electron chi connectivity index (χ4n) is 1.76. The molecule has 0 bridgehead atoms. The first-order chi connectivity index (χ1) is 10.2. The summed E-state index contributed by atoms with van der Waals surface area (Å²) in [6.45, 7) is 0.160. The SMILES string of the molecule is COc1ccc(COc2cccnc2[N+](=O)[O-])cc1OC. The highest BCUT2D eigenvalue weighted by Gasteiger charge is 2.15. The minimum absolute atomic E-state index is 0.122. The minimum Gasteiger partial charge on any atom is -0.493 e. The van der Waals surface area contributed by atoms with Crippen LogP contribution in [0.1, 0.15) is 5.56 Å². The number of nitro groups is 1. The lowest BCUT2D eigenvalue weighted by Crippen LogP contribution is -2.01. The number of ether oxygens (including phenoxy) is 3. The van der Waals surface area contributed by atoms with Gasteiger partial charge in [-0.3, -0.25) is 0 Å². The van der Waals surface area contributed by atoms with Gasteiger partial charge in [-0.15, -0.1) is 0 Å². The van der Waals surface area contributed by atoms with Gasteiger partial charge in [0.15, 0.2) is 11.5 Å². The van der Waals surface area contributed by atoms with E-state index in [0.717, 1.165) is 5.56 Å². The van der Waals surface area contributed by atoms with E-state index in [-0.39, 0.29) is 18.2 Å². The quantitative estimate of drug-likeness (QED) is 0.600. The van der Waals surface area contributed by atoms with Crippen LogP contribution in [0.5, 0.6) is 17.2 Å². The molecule has 0 aliphatic carbocycles. The van der Waals surface area contributed by atoms with Crippen LogP contribution >= 0.6 is 0 Å². The Morgan fingerprint density at radius 3 is 2.57 bits per heavy atom. The Hall–Kier alpha value is -2.83. The van der Waals surface area contributed by atoms with Gasteiger partial charge in [-0.25, -0.2) is 0 Å². The van der Waals surface area contributed by atoms with E-state index in [4.69, 9.17) is 14.2 Å². The molecule has 110 valence electrons. The molecule has 1 aromatic heterocycles. The average molecular weight is 290 g/mol. The zero-order valence-corrected chi connectivity index (χ0v) is 11.6. The molecule has 0 saturated heterocycles. The second kappa shape index (κ2) is 6.56. The third kappa shape index (κ3) is 3.38. The van der Waals surface area contributed by atoms with Gasteiger partial charge in [0.2, 0.25) is 5.75 Å². The third-order valence-electron chi connectivity index (χ3n) is 2.77. The summed E-state index contributed by atoms with van der Waals surface area (Å²) >= 11 is 0. The van der Waals surface area contributed by atoms with Crippen LogP contribution in [0, 0.1) is 10.1 Å². The Morgan fingerprint density at radius 2 is 1.90 bits per heavy atom. The molecule has 1 aromatic carbocycles. The van der Waals surface area contributed by atoms with Crippen LogP contribution in [0.25, 0.3) is 0 Å². The fourth-order valence-corrected chi connectivity index (χ4v) is 1.76. The molecule has 0 aliphatic rings. The molecular formula is C14H14N2O5. The highest BCUT2D eigenvalue weighted by atomic mass is 16.6. The second-order valence-corrected chi connectivity index (χ2v) is 4.06. The van der Waals surface area contributed by atoms with Gasteiger partial charge in [0, 0.05) is 0 Å². The summed E-state index contributed by atoms with van der Waals surface area (Å²) in [5.74, 6) is 0.989. The first-order valence-corrected chi connectivity index (χ1v) is 6.09. The molecule has 7 nitrogen and oxygen atoms in total. The van der Waals surface area contributed by atoms with Gasteiger partial charge in [0.05, 0.1) is 14.2 Å². The molecule has 0 aliphatic heterocycles. The zero-order chi connectivity index (χ0) is 15.2. The normalized spacial score (nSPS) is 10.0. The topological polar surface area (TPSA) is 83.7 Å². The summed E-state index contributed by atoms with van der Waals surface area (Å²) in [5, 5.41) is 10.8. The summed E-state index contributed by atoms with van der Waals surface area (Å²) < 4.78 is 15.8. The van der Waals surface area contributed by atoms with Gasteiger partial charge in [-0.05, 0) is 39.7 Å². The molecule has 0 spiro atoms. The summed E-state index contributed by atoms with van der Waals surface area (Å²) in [6.07, 6.45) is 1.35. The first-order valence-electron chi connectivity index (χ1n) is 6.09. The number of nitrogens with zero attached hydrogens (tertiary/aromatic N) is 2. The summed E-state index contributed by atoms with van der Waals surface area (Å²) in [7, 11) is 3.08. The number of hydrogen-bond donors (Lipinski definition) is 0. The maximum atomic E-state index is 10.8. The van der Waals surface area contributed by atoms with Crippen molar-refractivity contribution in [3.05, 3.63) is 52.2 Å². The Balaban J connectivity index is 2.15. The van der Waals surface area contributed by atoms with Crippen molar-refractivity contribution in [1.29, 1.82) is 0 Å². The second-order valence-electron chi connectivity index (χ2n) is 4.06. The van der Waals surface area contributed by atoms with Gasteiger partial charge in [-0.1, -0.05) is 6.07 Å². The van der Waals surface area contributed by atoms with Crippen LogP contribution in [0.3, 0.4) is 0 Å². The van der Waals surface area contributed by atoms with Crippen molar-refractivity contribution in [3.8, 4) is 17.2 Å². The van der Waals surface area contributed by atoms with Crippen molar-refractivity contribution in [2.45, 2.75) is 6.61 Å². The lowest BCUT2D eigenvalue weighted by molar-refractivity contribution is -0.390. The van der Waals surface area contributed by atoms with E-state index >= 15 is 0 Å². The lowest BCUT2D eigenvalue weighted by atomic mass is 10.2. The minimum atomic E-state index is -0.579. The van der Waals surface area contributed by atoms with E-state index in [1.807, 2.05) is 0 Å². The maximum absolute atomic E-state index is 10.8. The Kier molecular flexibility index (Phi) is 4.55. The average Bonchev–Trinajstić information content (AvgIpc) is 2.52. The van der Waals surface area contributed by atoms with Crippen molar-refractivity contribution < 1.29 is 19.1 Å². The molecule has 2 aromatic rings. The number of pyridine rings is 1. The van der Waals surface area contributed by atoms with Crippen molar-refractivity contribution >= 4 is 5.82 Å². The van der Waals surface area contributed by atoms with Gasteiger partial charge >= 0.3 is 5.82 Å². The highest BCUT2D eigenvalue weighted by Crippen LogP contribution is 2.29. The highest BCUT2D eigenvalue weighted by molar-refractivity contribution is 5.43. The molecular weight excluding hydrogens is 276 g/mol. The number of aromatic nitrogens is 1. The van der Waals surface area contributed by atoms with E-state index in [0.29, 0.717) is 11.5 Å². The van der Waals surface area contributed by atoms with Gasteiger partial charge < -0.3 is 24.3 Å². The Bertz CT molecular complexity index is 645. The number of rotatable bonds is 6. The van der Waals surface area contributed by atoms with Crippen LogP contribution in [-0.4, -0.2) is 24.1 Å². The molecule has 21 heavy (non-hydrogen) atoms. The molecule has 2 rings (SSSR count). The molecule has 0 radical (unpaired) electrons. The third-order valence-corrected chi connectivity index (χ3v) is 2.77. The fraction of sp³-hybridized carbons (Fsp3) is 0.214. The van der Waals surface area contributed by atoms with Crippen molar-refractivity contribution in [2.24, 2.45) is 0 Å². The summed E-state index contributed by atoms with van der Waals surface area (Å²) in [6, 6.07) is 8.38. The molecule has 0 N–H and O–H groups in total. The monoisotopic (exact) mass is 290 g/mol. The van der Waals surface area contributed by atoms with Crippen LogP contribution < -0.4 is 14.2 Å². The van der Waals surface area contributed by atoms with E-state index in [9.17, 15) is 10.1 Å². The predicted octanol–water partition coefficient (Wildman–Crippen LogP) is 2.59. The first kappa shape index (κ1) is 14.6. The molecule has 0 unspecified atom stereocenters. The molecule has 0 atom stereocenters. The Morgan fingerprint density at radius 1 is 1.14 bits per heavy atom. The maximum Gasteiger partial charge on any atom is 0.406 e. The largest absolute Gasteiger partial charge is 0.493 e. The van der Waals surface area contributed by atoms with E-state index in [2.05, 4.69) is 4.98 Å². The molecule has 0 saturated carbocycles. The van der Waals surface area contributed by atoms with Crippen LogP contribution in [0.2, 0.25) is 0 Å². The number of methoxy groups -OCH3 is 2. The lowest BCUT2D eigenvalue weighted by Gasteiger charge is -2.10. The van der Waals surface area contributed by atoms with Crippen LogP contribution in [0.15, 0.2) is 36.5 Å². The summed E-state index contributed by atoms with van der Waals surface area (Å²) in [4.78, 5) is 13.9. The van der Waals surface area contributed by atoms with Crippen LogP contribution in [-0.2, 0) is 6.61 Å². The van der Waals surface area contributed by atoms with Crippen molar-refractivity contribution in [2.75, 3.05) is 14.2 Å². The predicted molar refractivity (Wildman–Crippen MR) is 74.8 cm³/mol. The zero-order valence-electron chi connectivity index (χ0n) is 11.6. The molecule has 0 fully saturated rings. The van der Waals surface area contributed by atoms with Gasteiger partial charge in [-0.2, -0.15) is 0 Å². The van der Waals surface area contributed by atoms with E-state index < -0.39 is 4.92 Å². The number of hydrogen-bond acceptors (Lipinski definition) is 6. The van der Waals surface area contributed by atoms with Crippen molar-refractivity contribution in [3.63, 3.8) is 0 Å². The smallest absolute Gasteiger partial charge is 0.406 e. The Labute approximate surface area is 121 Å². The van der Waals surface area contributed by atoms with Crippen LogP contribution in [0.4, 0.5) is 5.82 Å². The van der Waals surface area contributed by atoms with Gasteiger partial charge in [0.1, 0.15) is 12.8 Å². The standard InChI is InChI=1S/C14H14N2O5/c1-19-11-6-5-10(8-13(11)20-2)9-21-12-4-3-7-15-14(12)16(17)18/h3-8H,9H2,1-2H3. The molecule has 1 heterocycles. The number of benzene rings is 1. The van der Waals surface area contributed by atoms with E-state index in [1.54, 1.807) is 31.4 Å².